The van der Waals surface area contributed by atoms with Crippen LogP contribution in [0, 0.1) is 5.82 Å². The molecule has 2 nitrogen and oxygen atoms in total. The van der Waals surface area contributed by atoms with E-state index in [9.17, 15) is 17.6 Å². The second kappa shape index (κ2) is 4.18. The summed E-state index contributed by atoms with van der Waals surface area (Å²) in [6, 6.07) is 3.10. The molecule has 0 atom stereocenters. The lowest BCUT2D eigenvalue weighted by Crippen LogP contribution is -2.44. The molecule has 17 heavy (non-hydrogen) atoms. The average Bonchev–Trinajstić information content (AvgIpc) is 2.16. The topological polar surface area (TPSA) is 38.0 Å². The maximum atomic E-state index is 13.0. The maximum absolute atomic E-state index is 13.0. The molecule has 0 saturated heterocycles. The summed E-state index contributed by atoms with van der Waals surface area (Å²) in [6.07, 6.45) is -3.23. The van der Waals surface area contributed by atoms with Crippen LogP contribution in [0.5, 0.6) is 0 Å². The van der Waals surface area contributed by atoms with Crippen molar-refractivity contribution in [2.24, 2.45) is 5.73 Å². The van der Waals surface area contributed by atoms with Gasteiger partial charge in [0, 0.05) is 17.8 Å². The van der Waals surface area contributed by atoms with Crippen LogP contribution in [0.1, 0.15) is 18.4 Å². The molecule has 0 bridgehead atoms. The predicted octanol–water partition coefficient (Wildman–Crippen LogP) is 2.75. The molecule has 0 unspecified atom stereocenters. The molecule has 1 aliphatic carbocycles. The van der Waals surface area contributed by atoms with E-state index in [0.717, 1.165) is 25.0 Å². The molecule has 1 saturated carbocycles. The van der Waals surface area contributed by atoms with E-state index in [-0.39, 0.29) is 17.8 Å². The zero-order chi connectivity index (χ0) is 12.6. The highest BCUT2D eigenvalue weighted by atomic mass is 19.4. The monoisotopic (exact) mass is 248 g/mol. The first kappa shape index (κ1) is 12.2. The van der Waals surface area contributed by atoms with Crippen molar-refractivity contribution in [3.05, 3.63) is 29.6 Å². The second-order valence-electron chi connectivity index (χ2n) is 4.27. The first-order valence-electron chi connectivity index (χ1n) is 5.25. The van der Waals surface area contributed by atoms with Crippen LogP contribution in [-0.2, 0) is 6.18 Å². The second-order valence-corrected chi connectivity index (χ2v) is 4.27. The van der Waals surface area contributed by atoms with Crippen molar-refractivity contribution >= 4 is 5.69 Å². The van der Waals surface area contributed by atoms with Gasteiger partial charge in [-0.05, 0) is 31.0 Å². The number of hydrogen-bond donors (Lipinski definition) is 2. The van der Waals surface area contributed by atoms with Crippen molar-refractivity contribution < 1.29 is 17.6 Å². The van der Waals surface area contributed by atoms with E-state index in [1.54, 1.807) is 0 Å². The summed E-state index contributed by atoms with van der Waals surface area (Å²) in [7, 11) is 0. The first-order valence-corrected chi connectivity index (χ1v) is 5.25. The molecule has 0 amide bonds. The Hall–Kier alpha value is -1.30. The molecule has 0 aliphatic heterocycles. The molecule has 94 valence electrons. The van der Waals surface area contributed by atoms with E-state index in [2.05, 4.69) is 5.32 Å². The number of anilines is 1. The Morgan fingerprint density at radius 3 is 2.41 bits per heavy atom. The highest BCUT2D eigenvalue weighted by Gasteiger charge is 2.34. The number of rotatable bonds is 2. The molecule has 0 aromatic heterocycles. The van der Waals surface area contributed by atoms with Gasteiger partial charge in [-0.3, -0.25) is 0 Å². The van der Waals surface area contributed by atoms with Gasteiger partial charge in [0.15, 0.2) is 0 Å². The number of alkyl halides is 3. The van der Waals surface area contributed by atoms with Crippen LogP contribution in [0.25, 0.3) is 0 Å². The van der Waals surface area contributed by atoms with Gasteiger partial charge in [-0.2, -0.15) is 13.2 Å². The minimum atomic E-state index is -4.67. The fourth-order valence-electron chi connectivity index (χ4n) is 1.85. The Labute approximate surface area is 95.8 Å². The lowest BCUT2D eigenvalue weighted by molar-refractivity contribution is -0.139. The Bertz CT molecular complexity index is 410. The fourth-order valence-corrected chi connectivity index (χ4v) is 1.85. The van der Waals surface area contributed by atoms with Crippen molar-refractivity contribution in [2.75, 3.05) is 5.32 Å². The molecule has 1 aromatic carbocycles. The number of halogens is 4. The van der Waals surface area contributed by atoms with Crippen molar-refractivity contribution in [1.82, 2.24) is 0 Å². The van der Waals surface area contributed by atoms with Gasteiger partial charge in [0.2, 0.25) is 0 Å². The molecular weight excluding hydrogens is 236 g/mol. The smallest absolute Gasteiger partial charge is 0.382 e. The quantitative estimate of drug-likeness (QED) is 0.790. The van der Waals surface area contributed by atoms with Crippen LogP contribution in [-0.4, -0.2) is 12.1 Å². The lowest BCUT2D eigenvalue weighted by atomic mass is 9.87. The third kappa shape index (κ3) is 2.69. The van der Waals surface area contributed by atoms with Gasteiger partial charge in [0.1, 0.15) is 5.82 Å². The van der Waals surface area contributed by atoms with Crippen LogP contribution in [0.4, 0.5) is 23.2 Å². The number of nitrogens with one attached hydrogen (secondary N) is 1. The minimum Gasteiger partial charge on any atom is -0.382 e. The summed E-state index contributed by atoms with van der Waals surface area (Å²) in [5, 5.41) is 2.90. The van der Waals surface area contributed by atoms with E-state index in [0.29, 0.717) is 0 Å². The van der Waals surface area contributed by atoms with E-state index in [1.165, 1.54) is 6.07 Å². The molecule has 0 spiro atoms. The molecule has 6 heteroatoms. The van der Waals surface area contributed by atoms with Crippen molar-refractivity contribution in [3.63, 3.8) is 0 Å². The summed E-state index contributed by atoms with van der Waals surface area (Å²) in [4.78, 5) is 0. The third-order valence-corrected chi connectivity index (χ3v) is 2.82. The standard InChI is InChI=1S/C11H12F4N2/c12-10-2-1-7(5-9(10)11(13,14)15)17-8-3-6(16)4-8/h1-2,5-6,8,17H,3-4,16H2. The minimum absolute atomic E-state index is 0.0801. The summed E-state index contributed by atoms with van der Waals surface area (Å²) in [5.74, 6) is -1.26. The molecule has 2 rings (SSSR count). The summed E-state index contributed by atoms with van der Waals surface area (Å²) < 4.78 is 50.3. The van der Waals surface area contributed by atoms with Gasteiger partial charge in [0.05, 0.1) is 5.56 Å². The lowest BCUT2D eigenvalue weighted by Gasteiger charge is -2.33. The van der Waals surface area contributed by atoms with Crippen molar-refractivity contribution in [2.45, 2.75) is 31.1 Å². The average molecular weight is 248 g/mol. The molecule has 1 aromatic rings. The molecule has 3 N–H and O–H groups in total. The molecule has 0 heterocycles. The number of nitrogens with two attached hydrogens (primary N) is 1. The Morgan fingerprint density at radius 2 is 1.88 bits per heavy atom. The normalized spacial score (nSPS) is 24.3. The van der Waals surface area contributed by atoms with Gasteiger partial charge in [-0.1, -0.05) is 0 Å². The summed E-state index contributed by atoms with van der Waals surface area (Å²) in [5.41, 5.74) is 4.60. The summed E-state index contributed by atoms with van der Waals surface area (Å²) in [6.45, 7) is 0. The molecule has 1 fully saturated rings. The number of hydrogen-bond acceptors (Lipinski definition) is 2. The van der Waals surface area contributed by atoms with Gasteiger partial charge in [-0.25, -0.2) is 4.39 Å². The zero-order valence-electron chi connectivity index (χ0n) is 8.89. The molecular formula is C11H12F4N2. The van der Waals surface area contributed by atoms with Crippen LogP contribution >= 0.6 is 0 Å². The summed E-state index contributed by atoms with van der Waals surface area (Å²) >= 11 is 0. The highest BCUT2D eigenvalue weighted by molar-refractivity contribution is 5.48. The fraction of sp³-hybridized carbons (Fsp3) is 0.455. The largest absolute Gasteiger partial charge is 0.419 e. The Morgan fingerprint density at radius 1 is 1.24 bits per heavy atom. The van der Waals surface area contributed by atoms with Crippen molar-refractivity contribution in [1.29, 1.82) is 0 Å². The van der Waals surface area contributed by atoms with E-state index in [1.807, 2.05) is 0 Å². The third-order valence-electron chi connectivity index (χ3n) is 2.82. The van der Waals surface area contributed by atoms with Crippen LogP contribution in [0.3, 0.4) is 0 Å². The van der Waals surface area contributed by atoms with E-state index < -0.39 is 17.6 Å². The Kier molecular flexibility index (Phi) is 2.99. The van der Waals surface area contributed by atoms with Crippen LogP contribution in [0.2, 0.25) is 0 Å². The van der Waals surface area contributed by atoms with Crippen molar-refractivity contribution in [3.8, 4) is 0 Å². The predicted molar refractivity (Wildman–Crippen MR) is 56.0 cm³/mol. The zero-order valence-corrected chi connectivity index (χ0v) is 8.89. The van der Waals surface area contributed by atoms with Gasteiger partial charge in [-0.15, -0.1) is 0 Å². The molecule has 1 aliphatic rings. The maximum Gasteiger partial charge on any atom is 0.419 e. The van der Waals surface area contributed by atoms with Gasteiger partial charge >= 0.3 is 6.18 Å². The van der Waals surface area contributed by atoms with E-state index in [4.69, 9.17) is 5.73 Å². The first-order chi connectivity index (χ1) is 7.86. The Balaban J connectivity index is 2.14. The number of benzene rings is 1. The van der Waals surface area contributed by atoms with Crippen LogP contribution in [0.15, 0.2) is 18.2 Å². The van der Waals surface area contributed by atoms with Gasteiger partial charge < -0.3 is 11.1 Å². The molecule has 0 radical (unpaired) electrons. The van der Waals surface area contributed by atoms with Crippen LogP contribution < -0.4 is 11.1 Å². The highest BCUT2D eigenvalue weighted by Crippen LogP contribution is 2.33. The van der Waals surface area contributed by atoms with Gasteiger partial charge in [0.25, 0.3) is 0 Å². The SMILES string of the molecule is NC1CC(Nc2ccc(F)c(C(F)(F)F)c2)C1. The van der Waals surface area contributed by atoms with E-state index >= 15 is 0 Å².